The molecule has 3 aromatic heterocycles. The second kappa shape index (κ2) is 10.1. The first-order valence-electron chi connectivity index (χ1n) is 12.9. The number of aromatic nitrogens is 4. The van der Waals surface area contributed by atoms with Gasteiger partial charge in [0.15, 0.2) is 11.5 Å². The number of benzene rings is 2. The summed E-state index contributed by atoms with van der Waals surface area (Å²) in [7, 11) is 0. The molecule has 1 saturated heterocycles. The molecule has 8 nitrogen and oxygen atoms in total. The quantitative estimate of drug-likeness (QED) is 0.344. The van der Waals surface area contributed by atoms with E-state index in [1.165, 1.54) is 22.8 Å². The van der Waals surface area contributed by atoms with Crippen molar-refractivity contribution >= 4 is 16.9 Å². The summed E-state index contributed by atoms with van der Waals surface area (Å²) in [6.45, 7) is 5.68. The molecule has 0 aliphatic carbocycles. The standard InChI is InChI=1S/C30H26F2N6O2/c1-17-11-12-34-25(19-7-4-3-5-8-19)27(17)38-29-20(28(36-30(38)40)37-14-13-33-16-18(37)2)15-22(32)26(35-29)24-21(31)9-6-10-23(24)39/h3-12,15,18,33,39H,13-14,16H2,1-2H3/t18-/m0/s1. The van der Waals surface area contributed by atoms with Crippen molar-refractivity contribution in [3.8, 4) is 34.0 Å². The van der Waals surface area contributed by atoms with Gasteiger partial charge in [-0.2, -0.15) is 4.98 Å². The molecule has 5 aromatic rings. The van der Waals surface area contributed by atoms with E-state index < -0.39 is 28.8 Å². The molecular weight excluding hydrogens is 514 g/mol. The Bertz CT molecular complexity index is 1790. The van der Waals surface area contributed by atoms with Crippen molar-refractivity contribution in [2.24, 2.45) is 0 Å². The molecule has 40 heavy (non-hydrogen) atoms. The molecule has 1 atom stereocenters. The van der Waals surface area contributed by atoms with Crippen molar-refractivity contribution in [1.82, 2.24) is 24.8 Å². The number of pyridine rings is 2. The smallest absolute Gasteiger partial charge is 0.355 e. The highest BCUT2D eigenvalue weighted by Crippen LogP contribution is 2.37. The first-order valence-corrected chi connectivity index (χ1v) is 12.9. The van der Waals surface area contributed by atoms with E-state index in [4.69, 9.17) is 0 Å². The number of phenolic OH excluding ortho intramolecular Hbond substituents is 1. The van der Waals surface area contributed by atoms with Gasteiger partial charge < -0.3 is 15.3 Å². The van der Waals surface area contributed by atoms with E-state index in [0.717, 1.165) is 11.6 Å². The summed E-state index contributed by atoms with van der Waals surface area (Å²) in [5.41, 5.74) is 1.05. The first kappa shape index (κ1) is 25.6. The molecule has 0 saturated carbocycles. The van der Waals surface area contributed by atoms with Crippen LogP contribution in [0.25, 0.3) is 39.2 Å². The van der Waals surface area contributed by atoms with E-state index in [2.05, 4.69) is 20.3 Å². The molecule has 2 aromatic carbocycles. The molecule has 10 heteroatoms. The van der Waals surface area contributed by atoms with Gasteiger partial charge in [-0.05, 0) is 43.7 Å². The van der Waals surface area contributed by atoms with Crippen LogP contribution in [0.5, 0.6) is 5.75 Å². The maximum atomic E-state index is 15.8. The summed E-state index contributed by atoms with van der Waals surface area (Å²) in [5.74, 6) is -1.86. The van der Waals surface area contributed by atoms with E-state index in [1.54, 1.807) is 12.3 Å². The minimum absolute atomic E-state index is 0.0296. The number of anilines is 1. The lowest BCUT2D eigenvalue weighted by atomic mass is 10.1. The Hall–Kier alpha value is -4.70. The number of piperazine rings is 1. The zero-order chi connectivity index (χ0) is 28.0. The Morgan fingerprint density at radius 3 is 2.55 bits per heavy atom. The summed E-state index contributed by atoms with van der Waals surface area (Å²) in [6.07, 6.45) is 1.65. The summed E-state index contributed by atoms with van der Waals surface area (Å²) in [4.78, 5) is 29.4. The van der Waals surface area contributed by atoms with E-state index in [0.29, 0.717) is 42.4 Å². The van der Waals surface area contributed by atoms with Crippen molar-refractivity contribution in [3.05, 3.63) is 94.5 Å². The van der Waals surface area contributed by atoms with Gasteiger partial charge in [-0.3, -0.25) is 4.98 Å². The molecule has 0 unspecified atom stereocenters. The van der Waals surface area contributed by atoms with E-state index in [1.807, 2.05) is 49.1 Å². The van der Waals surface area contributed by atoms with Gasteiger partial charge in [0.2, 0.25) is 0 Å². The maximum Gasteiger partial charge on any atom is 0.355 e. The van der Waals surface area contributed by atoms with Crippen LogP contribution in [0.2, 0.25) is 0 Å². The van der Waals surface area contributed by atoms with Gasteiger partial charge in [-0.25, -0.2) is 23.1 Å². The van der Waals surface area contributed by atoms with Gasteiger partial charge in [0.1, 0.15) is 23.1 Å². The van der Waals surface area contributed by atoms with Gasteiger partial charge >= 0.3 is 5.69 Å². The van der Waals surface area contributed by atoms with E-state index in [9.17, 15) is 14.3 Å². The molecule has 1 fully saturated rings. The van der Waals surface area contributed by atoms with Crippen molar-refractivity contribution < 1.29 is 13.9 Å². The number of phenols is 1. The van der Waals surface area contributed by atoms with Crippen molar-refractivity contribution in [2.75, 3.05) is 24.5 Å². The fraction of sp³-hybridized carbons (Fsp3) is 0.200. The Labute approximate surface area is 228 Å². The number of nitrogens with one attached hydrogen (secondary N) is 1. The van der Waals surface area contributed by atoms with Gasteiger partial charge in [-0.15, -0.1) is 0 Å². The third-order valence-electron chi connectivity index (χ3n) is 7.20. The minimum atomic E-state index is -0.852. The number of rotatable bonds is 4. The number of halogens is 2. The third-order valence-corrected chi connectivity index (χ3v) is 7.20. The number of nitrogens with zero attached hydrogens (tertiary/aromatic N) is 5. The second-order valence-corrected chi connectivity index (χ2v) is 9.81. The highest BCUT2D eigenvalue weighted by Gasteiger charge is 2.28. The molecule has 6 rings (SSSR count). The largest absolute Gasteiger partial charge is 0.507 e. The lowest BCUT2D eigenvalue weighted by Crippen LogP contribution is -2.50. The van der Waals surface area contributed by atoms with E-state index in [-0.39, 0.29) is 22.6 Å². The fourth-order valence-corrected chi connectivity index (χ4v) is 5.24. The van der Waals surface area contributed by atoms with Crippen LogP contribution in [0.3, 0.4) is 0 Å². The van der Waals surface area contributed by atoms with Crippen LogP contribution in [-0.4, -0.2) is 50.3 Å². The fourth-order valence-electron chi connectivity index (χ4n) is 5.24. The van der Waals surface area contributed by atoms with Crippen molar-refractivity contribution in [1.29, 1.82) is 0 Å². The van der Waals surface area contributed by atoms with Gasteiger partial charge in [-0.1, -0.05) is 36.4 Å². The van der Waals surface area contributed by atoms with Gasteiger partial charge in [0.25, 0.3) is 0 Å². The number of fused-ring (bicyclic) bond motifs is 1. The number of aryl methyl sites for hydroxylation is 1. The SMILES string of the molecule is Cc1ccnc(-c2ccccc2)c1-n1c(=O)nc(N2CCNC[C@@H]2C)c2cc(F)c(-c3c(O)cccc3F)nc21. The van der Waals surface area contributed by atoms with Crippen LogP contribution in [0.4, 0.5) is 14.6 Å². The maximum absolute atomic E-state index is 15.8. The van der Waals surface area contributed by atoms with Gasteiger partial charge in [0, 0.05) is 37.4 Å². The third kappa shape index (κ3) is 4.26. The topological polar surface area (TPSA) is 96.2 Å². The van der Waals surface area contributed by atoms with Crippen LogP contribution in [0.1, 0.15) is 12.5 Å². The summed E-state index contributed by atoms with van der Waals surface area (Å²) in [5, 5.41) is 14.0. The average Bonchev–Trinajstić information content (AvgIpc) is 2.94. The molecule has 0 spiro atoms. The highest BCUT2D eigenvalue weighted by molar-refractivity contribution is 5.91. The molecular formula is C30H26F2N6O2. The zero-order valence-electron chi connectivity index (χ0n) is 21.9. The lowest BCUT2D eigenvalue weighted by molar-refractivity contribution is 0.470. The molecule has 2 N–H and O–H groups in total. The van der Waals surface area contributed by atoms with Crippen LogP contribution in [0, 0.1) is 18.6 Å². The molecule has 202 valence electrons. The van der Waals surface area contributed by atoms with Crippen LogP contribution in [-0.2, 0) is 0 Å². The molecule has 1 aliphatic rings. The minimum Gasteiger partial charge on any atom is -0.507 e. The van der Waals surface area contributed by atoms with E-state index >= 15 is 4.39 Å². The summed E-state index contributed by atoms with van der Waals surface area (Å²) < 4.78 is 32.0. The average molecular weight is 541 g/mol. The normalized spacial score (nSPS) is 15.5. The van der Waals surface area contributed by atoms with Crippen LogP contribution < -0.4 is 15.9 Å². The predicted octanol–water partition coefficient (Wildman–Crippen LogP) is 4.60. The first-order chi connectivity index (χ1) is 19.3. The molecule has 1 aliphatic heterocycles. The number of hydrogen-bond donors (Lipinski definition) is 2. The molecule has 4 heterocycles. The summed E-state index contributed by atoms with van der Waals surface area (Å²) >= 11 is 0. The lowest BCUT2D eigenvalue weighted by Gasteiger charge is -2.35. The molecule has 0 bridgehead atoms. The molecule has 0 radical (unpaired) electrons. The number of hydrogen-bond acceptors (Lipinski definition) is 7. The zero-order valence-corrected chi connectivity index (χ0v) is 21.9. The highest BCUT2D eigenvalue weighted by atomic mass is 19.1. The molecule has 0 amide bonds. The van der Waals surface area contributed by atoms with Gasteiger partial charge in [0.05, 0.1) is 22.3 Å². The number of aromatic hydroxyl groups is 1. The Morgan fingerprint density at radius 2 is 1.80 bits per heavy atom. The summed E-state index contributed by atoms with van der Waals surface area (Å²) in [6, 6.07) is 16.0. The Balaban J connectivity index is 1.74. The Morgan fingerprint density at radius 1 is 1.00 bits per heavy atom. The predicted molar refractivity (Wildman–Crippen MR) is 150 cm³/mol. The van der Waals surface area contributed by atoms with Crippen molar-refractivity contribution in [2.45, 2.75) is 19.9 Å². The van der Waals surface area contributed by atoms with Crippen LogP contribution in [0.15, 0.2) is 71.7 Å². The Kier molecular flexibility index (Phi) is 6.47. The second-order valence-electron chi connectivity index (χ2n) is 9.81. The van der Waals surface area contributed by atoms with Crippen LogP contribution >= 0.6 is 0 Å². The monoisotopic (exact) mass is 540 g/mol. The van der Waals surface area contributed by atoms with Crippen molar-refractivity contribution in [3.63, 3.8) is 0 Å².